The molecule has 0 saturated heterocycles. The number of rotatable bonds is 8. The molecule has 0 aliphatic rings. The van der Waals surface area contributed by atoms with Crippen LogP contribution in [-0.2, 0) is 0 Å². The van der Waals surface area contributed by atoms with Crippen molar-refractivity contribution in [2.24, 2.45) is 0 Å². The molecule has 0 aromatic carbocycles. The Labute approximate surface area is 94.5 Å². The third-order valence-electron chi connectivity index (χ3n) is 2.80. The van der Waals surface area contributed by atoms with Crippen LogP contribution in [0.15, 0.2) is 0 Å². The van der Waals surface area contributed by atoms with Crippen molar-refractivity contribution in [2.75, 3.05) is 27.2 Å². The van der Waals surface area contributed by atoms with Crippen LogP contribution in [0.25, 0.3) is 0 Å². The lowest BCUT2D eigenvalue weighted by molar-refractivity contribution is 0.326. The van der Waals surface area contributed by atoms with Gasteiger partial charge in [-0.25, -0.2) is 0 Å². The zero-order chi connectivity index (χ0) is 11.7. The van der Waals surface area contributed by atoms with Gasteiger partial charge in [0.15, 0.2) is 0 Å². The molecular weight excluding hydrogens is 186 g/mol. The van der Waals surface area contributed by atoms with E-state index in [1.165, 1.54) is 0 Å². The minimum Gasteiger partial charge on any atom is -0.308 e. The van der Waals surface area contributed by atoms with Crippen LogP contribution in [0.5, 0.6) is 0 Å². The fourth-order valence-corrected chi connectivity index (χ4v) is 1.56. The van der Waals surface area contributed by atoms with Gasteiger partial charge in [0.1, 0.15) is 5.54 Å². The van der Waals surface area contributed by atoms with Crippen LogP contribution >= 0.6 is 0 Å². The predicted molar refractivity (Wildman–Crippen MR) is 64.7 cm³/mol. The molecule has 88 valence electrons. The number of unbranched alkanes of at least 4 members (excludes halogenated alkanes) is 1. The Hall–Kier alpha value is -0.590. The van der Waals surface area contributed by atoms with Crippen LogP contribution in [0.2, 0.25) is 0 Å². The van der Waals surface area contributed by atoms with Crippen LogP contribution in [0, 0.1) is 11.3 Å². The summed E-state index contributed by atoms with van der Waals surface area (Å²) in [6.45, 7) is 6.12. The van der Waals surface area contributed by atoms with Crippen LogP contribution in [0.1, 0.15) is 39.5 Å². The first kappa shape index (κ1) is 14.4. The monoisotopic (exact) mass is 211 g/mol. The van der Waals surface area contributed by atoms with E-state index >= 15 is 0 Å². The molecule has 0 heterocycles. The van der Waals surface area contributed by atoms with E-state index in [0.717, 1.165) is 38.8 Å². The minimum atomic E-state index is -0.300. The van der Waals surface area contributed by atoms with E-state index in [-0.39, 0.29) is 5.54 Å². The average Bonchev–Trinajstić information content (AvgIpc) is 2.23. The maximum absolute atomic E-state index is 9.24. The molecule has 0 radical (unpaired) electrons. The van der Waals surface area contributed by atoms with Gasteiger partial charge in [0.2, 0.25) is 0 Å². The molecule has 0 aromatic rings. The number of hydrogen-bond acceptors (Lipinski definition) is 3. The number of nitrogens with zero attached hydrogens (tertiary/aromatic N) is 2. The smallest absolute Gasteiger partial charge is 0.106 e. The van der Waals surface area contributed by atoms with Gasteiger partial charge < -0.3 is 4.90 Å². The molecule has 0 aromatic heterocycles. The number of likely N-dealkylation sites (N-methyl/N-ethyl adjacent to an activating group) is 1. The standard InChI is InChI=1S/C12H25N3/c1-5-7-8-12(6-2,11-13)14-9-10-15(3)4/h14H,5-10H2,1-4H3. The van der Waals surface area contributed by atoms with E-state index in [0.29, 0.717) is 0 Å². The van der Waals surface area contributed by atoms with Crippen molar-refractivity contribution in [2.45, 2.75) is 45.1 Å². The molecule has 15 heavy (non-hydrogen) atoms. The summed E-state index contributed by atoms with van der Waals surface area (Å²) >= 11 is 0. The highest BCUT2D eigenvalue weighted by Crippen LogP contribution is 2.17. The first-order chi connectivity index (χ1) is 7.10. The van der Waals surface area contributed by atoms with Crippen molar-refractivity contribution in [3.63, 3.8) is 0 Å². The summed E-state index contributed by atoms with van der Waals surface area (Å²) in [5.74, 6) is 0. The van der Waals surface area contributed by atoms with Gasteiger partial charge in [0, 0.05) is 13.1 Å². The molecule has 3 nitrogen and oxygen atoms in total. The fraction of sp³-hybridized carbons (Fsp3) is 0.917. The maximum atomic E-state index is 9.24. The quantitative estimate of drug-likeness (QED) is 0.667. The molecule has 3 heteroatoms. The second kappa shape index (κ2) is 7.67. The zero-order valence-electron chi connectivity index (χ0n) is 10.6. The molecule has 0 rings (SSSR count). The van der Waals surface area contributed by atoms with Gasteiger partial charge in [0.05, 0.1) is 6.07 Å². The van der Waals surface area contributed by atoms with Gasteiger partial charge in [-0.05, 0) is 26.9 Å². The van der Waals surface area contributed by atoms with E-state index in [4.69, 9.17) is 0 Å². The Kier molecular flexibility index (Phi) is 7.37. The minimum absolute atomic E-state index is 0.300. The molecular formula is C12H25N3. The van der Waals surface area contributed by atoms with E-state index in [9.17, 15) is 5.26 Å². The molecule has 1 unspecified atom stereocenters. The zero-order valence-corrected chi connectivity index (χ0v) is 10.6. The molecule has 0 bridgehead atoms. The molecule has 0 aliphatic carbocycles. The Balaban J connectivity index is 4.07. The van der Waals surface area contributed by atoms with Crippen LogP contribution < -0.4 is 5.32 Å². The third kappa shape index (κ3) is 5.76. The normalized spacial score (nSPS) is 14.9. The number of nitrogens with one attached hydrogen (secondary N) is 1. The highest BCUT2D eigenvalue weighted by molar-refractivity contribution is 5.06. The Morgan fingerprint density at radius 1 is 1.33 bits per heavy atom. The number of hydrogen-bond donors (Lipinski definition) is 1. The van der Waals surface area contributed by atoms with E-state index < -0.39 is 0 Å². The predicted octanol–water partition coefficient (Wildman–Crippen LogP) is 2.00. The highest BCUT2D eigenvalue weighted by atomic mass is 15.1. The fourth-order valence-electron chi connectivity index (χ4n) is 1.56. The van der Waals surface area contributed by atoms with Crippen molar-refractivity contribution in [3.8, 4) is 6.07 Å². The molecule has 0 fully saturated rings. The van der Waals surface area contributed by atoms with Gasteiger partial charge >= 0.3 is 0 Å². The van der Waals surface area contributed by atoms with Crippen molar-refractivity contribution in [1.29, 1.82) is 5.26 Å². The largest absolute Gasteiger partial charge is 0.308 e. The molecule has 1 N–H and O–H groups in total. The summed E-state index contributed by atoms with van der Waals surface area (Å²) in [6, 6.07) is 2.44. The lowest BCUT2D eigenvalue weighted by Gasteiger charge is -2.27. The first-order valence-corrected chi connectivity index (χ1v) is 5.91. The average molecular weight is 211 g/mol. The summed E-state index contributed by atoms with van der Waals surface area (Å²) in [4.78, 5) is 2.13. The molecule has 0 amide bonds. The Bertz CT molecular complexity index is 196. The van der Waals surface area contributed by atoms with Gasteiger partial charge in [-0.1, -0.05) is 26.7 Å². The summed E-state index contributed by atoms with van der Waals surface area (Å²) in [7, 11) is 4.10. The maximum Gasteiger partial charge on any atom is 0.106 e. The summed E-state index contributed by atoms with van der Waals surface area (Å²) in [6.07, 6.45) is 4.12. The van der Waals surface area contributed by atoms with E-state index in [1.807, 2.05) is 14.1 Å². The van der Waals surface area contributed by atoms with Gasteiger partial charge in [-0.15, -0.1) is 0 Å². The topological polar surface area (TPSA) is 39.1 Å². The summed E-state index contributed by atoms with van der Waals surface area (Å²) in [5.41, 5.74) is -0.300. The van der Waals surface area contributed by atoms with Crippen molar-refractivity contribution < 1.29 is 0 Å². The summed E-state index contributed by atoms with van der Waals surface area (Å²) < 4.78 is 0. The highest BCUT2D eigenvalue weighted by Gasteiger charge is 2.25. The van der Waals surface area contributed by atoms with Crippen LogP contribution in [0.3, 0.4) is 0 Å². The van der Waals surface area contributed by atoms with Gasteiger partial charge in [-0.2, -0.15) is 5.26 Å². The van der Waals surface area contributed by atoms with E-state index in [2.05, 4.69) is 30.1 Å². The van der Waals surface area contributed by atoms with Crippen molar-refractivity contribution in [3.05, 3.63) is 0 Å². The SMILES string of the molecule is CCCCC(C#N)(CC)NCCN(C)C. The van der Waals surface area contributed by atoms with Crippen molar-refractivity contribution >= 4 is 0 Å². The molecule has 0 spiro atoms. The third-order valence-corrected chi connectivity index (χ3v) is 2.80. The first-order valence-electron chi connectivity index (χ1n) is 5.91. The van der Waals surface area contributed by atoms with Gasteiger partial charge in [0.25, 0.3) is 0 Å². The van der Waals surface area contributed by atoms with Gasteiger partial charge in [-0.3, -0.25) is 5.32 Å². The Morgan fingerprint density at radius 3 is 2.40 bits per heavy atom. The Morgan fingerprint density at radius 2 is 2.00 bits per heavy atom. The number of nitriles is 1. The summed E-state index contributed by atoms with van der Waals surface area (Å²) in [5, 5.41) is 12.6. The van der Waals surface area contributed by atoms with Crippen LogP contribution in [0.4, 0.5) is 0 Å². The molecule has 1 atom stereocenters. The van der Waals surface area contributed by atoms with E-state index in [1.54, 1.807) is 0 Å². The van der Waals surface area contributed by atoms with Crippen molar-refractivity contribution in [1.82, 2.24) is 10.2 Å². The second-order valence-corrected chi connectivity index (χ2v) is 4.38. The molecule has 0 aliphatic heterocycles. The van der Waals surface area contributed by atoms with Crippen LogP contribution in [-0.4, -0.2) is 37.6 Å². The lowest BCUT2D eigenvalue weighted by atomic mass is 9.91. The lowest BCUT2D eigenvalue weighted by Crippen LogP contribution is -2.46. The molecule has 0 saturated carbocycles. The second-order valence-electron chi connectivity index (χ2n) is 4.38.